The second-order valence-corrected chi connectivity index (χ2v) is 22.8. The van der Waals surface area contributed by atoms with Crippen LogP contribution in [-0.4, -0.2) is 151 Å². The summed E-state index contributed by atoms with van der Waals surface area (Å²) in [5, 5.41) is 9.20. The molecule has 4 rings (SSSR count). The molecular formula is C44H63N2O18S4+. The first kappa shape index (κ1) is 56.7. The minimum Gasteiger partial charge on any atom is -0.481 e. The number of carboxylic acids is 1. The monoisotopic (exact) mass is 1040 g/mol. The Hall–Kier alpha value is -3.92. The van der Waals surface area contributed by atoms with E-state index in [1.54, 1.807) is 49.0 Å². The van der Waals surface area contributed by atoms with Crippen LogP contribution in [-0.2, 0) is 75.0 Å². The average molecular weight is 1040 g/mol. The van der Waals surface area contributed by atoms with Crippen LogP contribution in [0, 0.1) is 0 Å². The summed E-state index contributed by atoms with van der Waals surface area (Å²) in [5.41, 5.74) is 1.26. The van der Waals surface area contributed by atoms with E-state index in [4.69, 9.17) is 18.9 Å². The molecule has 2 aliphatic heterocycles. The van der Waals surface area contributed by atoms with Crippen LogP contribution in [0.5, 0.6) is 0 Å². The maximum absolute atomic E-state index is 12.4. The molecular weight excluding hydrogens is 973 g/mol. The van der Waals surface area contributed by atoms with E-state index in [1.807, 2.05) is 17.9 Å². The number of carboxylic acid groups (broad SMARTS) is 1. The first-order valence-corrected chi connectivity index (χ1v) is 28.0. The highest BCUT2D eigenvalue weighted by molar-refractivity contribution is 7.86. The third-order valence-corrected chi connectivity index (χ3v) is 15.1. The van der Waals surface area contributed by atoms with Gasteiger partial charge in [0.05, 0.1) is 66.4 Å². The standard InChI is InChI=1S/C44H62N2O18S4/c1-43(19-10-30-65(49,50)51)36-32-34(67(55,56)57)15-17-38(36)46(22-11-31-66(52,53)54)40(43)12-6-4-7-13-41-44(2,20-23-62-26-27-64-29-28-63-25-24-61-3)37-33-35(68(58,59)60)16-18-39(37)45(41)21-9-5-8-14-42(47)48/h4,6-7,12-13,15-18,32-33H,5,8-11,14,19-31H2,1-3H3,(H4-,47,48,49,50,51,52,53,54,55,56,57,58,59,60)/p+1. The Labute approximate surface area is 399 Å². The Morgan fingerprint density at radius 1 is 0.662 bits per heavy atom. The average Bonchev–Trinajstić information content (AvgIpc) is 3.60. The van der Waals surface area contributed by atoms with Crippen LogP contribution >= 0.6 is 0 Å². The maximum Gasteiger partial charge on any atom is 0.303 e. The molecule has 2 aromatic rings. The second kappa shape index (κ2) is 24.8. The molecule has 24 heteroatoms. The van der Waals surface area contributed by atoms with Crippen molar-refractivity contribution in [2.45, 2.75) is 85.8 Å². The number of hydrogen-bond donors (Lipinski definition) is 5. The maximum atomic E-state index is 12.4. The number of benzene rings is 2. The third-order valence-electron chi connectivity index (χ3n) is 11.8. The van der Waals surface area contributed by atoms with E-state index in [-0.39, 0.29) is 56.9 Å². The molecule has 0 radical (unpaired) electrons. The van der Waals surface area contributed by atoms with Gasteiger partial charge in [0, 0.05) is 67.6 Å². The molecule has 2 heterocycles. The molecule has 20 nitrogen and oxygen atoms in total. The zero-order valence-electron chi connectivity index (χ0n) is 38.4. The van der Waals surface area contributed by atoms with Gasteiger partial charge in [-0.1, -0.05) is 24.6 Å². The number of anilines is 1. The number of methoxy groups -OCH3 is 1. The molecule has 5 N–H and O–H groups in total. The van der Waals surface area contributed by atoms with Gasteiger partial charge in [0.2, 0.25) is 5.69 Å². The van der Waals surface area contributed by atoms with Crippen LogP contribution in [0.1, 0.15) is 76.3 Å². The summed E-state index contributed by atoms with van der Waals surface area (Å²) in [6.45, 7) is 6.49. The Balaban J connectivity index is 1.75. The van der Waals surface area contributed by atoms with Gasteiger partial charge in [-0.15, -0.1) is 0 Å². The minimum atomic E-state index is -4.70. The van der Waals surface area contributed by atoms with Gasteiger partial charge in [0.1, 0.15) is 6.54 Å². The molecule has 2 atom stereocenters. The van der Waals surface area contributed by atoms with Crippen molar-refractivity contribution in [1.29, 1.82) is 0 Å². The number of ether oxygens (including phenoxy) is 4. The predicted octanol–water partition coefficient (Wildman–Crippen LogP) is 4.99. The van der Waals surface area contributed by atoms with Crippen LogP contribution in [0.3, 0.4) is 0 Å². The summed E-state index contributed by atoms with van der Waals surface area (Å²) in [6.07, 6.45) is 10.5. The number of carbonyl (C=O) groups is 1. The number of aliphatic carboxylic acids is 1. The lowest BCUT2D eigenvalue weighted by atomic mass is 9.76. The summed E-state index contributed by atoms with van der Waals surface area (Å²) >= 11 is 0. The van der Waals surface area contributed by atoms with Crippen molar-refractivity contribution in [3.63, 3.8) is 0 Å². The lowest BCUT2D eigenvalue weighted by molar-refractivity contribution is -0.437. The lowest BCUT2D eigenvalue weighted by Gasteiger charge is -2.30. The smallest absolute Gasteiger partial charge is 0.303 e. The summed E-state index contributed by atoms with van der Waals surface area (Å²) in [7, 11) is -16.5. The van der Waals surface area contributed by atoms with E-state index in [2.05, 4.69) is 0 Å². The molecule has 2 aromatic carbocycles. The summed E-state index contributed by atoms with van der Waals surface area (Å²) in [4.78, 5) is 12.5. The number of rotatable bonds is 31. The van der Waals surface area contributed by atoms with E-state index >= 15 is 0 Å². The van der Waals surface area contributed by atoms with Gasteiger partial charge < -0.3 is 29.0 Å². The minimum absolute atomic E-state index is 0.00495. The Morgan fingerprint density at radius 2 is 1.24 bits per heavy atom. The molecule has 0 bridgehead atoms. The van der Waals surface area contributed by atoms with Crippen LogP contribution in [0.2, 0.25) is 0 Å². The van der Waals surface area contributed by atoms with Gasteiger partial charge in [0.15, 0.2) is 5.71 Å². The van der Waals surface area contributed by atoms with Gasteiger partial charge >= 0.3 is 5.97 Å². The van der Waals surface area contributed by atoms with E-state index < -0.39 is 73.7 Å². The zero-order chi connectivity index (χ0) is 50.4. The van der Waals surface area contributed by atoms with Crippen LogP contribution < -0.4 is 4.90 Å². The first-order valence-electron chi connectivity index (χ1n) is 21.9. The van der Waals surface area contributed by atoms with E-state index in [1.165, 1.54) is 30.3 Å². The van der Waals surface area contributed by atoms with Gasteiger partial charge in [-0.2, -0.15) is 38.2 Å². The van der Waals surface area contributed by atoms with Gasteiger partial charge in [-0.05, 0) is 87.9 Å². The molecule has 0 aromatic heterocycles. The highest BCUT2D eigenvalue weighted by Gasteiger charge is 2.48. The quantitative estimate of drug-likeness (QED) is 0.0288. The van der Waals surface area contributed by atoms with E-state index in [0.717, 1.165) is 5.70 Å². The highest BCUT2D eigenvalue weighted by Crippen LogP contribution is 2.51. The second-order valence-electron chi connectivity index (χ2n) is 16.8. The number of fused-ring (bicyclic) bond motifs is 2. The predicted molar refractivity (Wildman–Crippen MR) is 252 cm³/mol. The van der Waals surface area contributed by atoms with Crippen molar-refractivity contribution >= 4 is 63.5 Å². The molecule has 2 unspecified atom stereocenters. The summed E-state index contributed by atoms with van der Waals surface area (Å²) in [6, 6.07) is 8.23. The molecule has 0 saturated heterocycles. The SMILES string of the molecule is COCCOCCOCCOCCC1(C)C(=CC=CC=CC2=[N+](CCCS(=O)(=O)O)c3ccc(S(=O)(=O)O)cc3C2(C)CCCS(=O)(=O)O)N(CCCCCC(=O)O)c2ccc(S(=O)(=O)O)cc21. The van der Waals surface area contributed by atoms with Gasteiger partial charge in [0.25, 0.3) is 40.5 Å². The van der Waals surface area contributed by atoms with Crippen LogP contribution in [0.25, 0.3) is 0 Å². The summed E-state index contributed by atoms with van der Waals surface area (Å²) in [5.74, 6) is -2.13. The van der Waals surface area contributed by atoms with Crippen molar-refractivity contribution in [2.75, 3.05) is 82.9 Å². The van der Waals surface area contributed by atoms with Crippen molar-refractivity contribution in [2.24, 2.45) is 0 Å². The molecule has 0 spiro atoms. The fourth-order valence-electron chi connectivity index (χ4n) is 8.45. The van der Waals surface area contributed by atoms with Crippen molar-refractivity contribution in [3.05, 3.63) is 83.6 Å². The van der Waals surface area contributed by atoms with Gasteiger partial charge in [-0.3, -0.25) is 23.0 Å². The normalized spacial score (nSPS) is 19.5. The molecule has 380 valence electrons. The number of allylic oxidation sites excluding steroid dienone is 6. The van der Waals surface area contributed by atoms with Crippen LogP contribution in [0.4, 0.5) is 11.4 Å². The van der Waals surface area contributed by atoms with Crippen LogP contribution in [0.15, 0.2) is 82.3 Å². The molecule has 68 heavy (non-hydrogen) atoms. The summed E-state index contributed by atoms with van der Waals surface area (Å²) < 4.78 is 159. The van der Waals surface area contributed by atoms with E-state index in [9.17, 15) is 61.8 Å². The fraction of sp³-hybridized carbons (Fsp3) is 0.545. The van der Waals surface area contributed by atoms with Crippen molar-refractivity contribution in [1.82, 2.24) is 0 Å². The fourth-order valence-corrected chi connectivity index (χ4v) is 10.5. The Kier molecular flexibility index (Phi) is 20.6. The number of nitrogens with zero attached hydrogens (tertiary/aromatic N) is 2. The molecule has 0 fully saturated rings. The van der Waals surface area contributed by atoms with Crippen molar-refractivity contribution < 1.29 is 85.3 Å². The molecule has 2 aliphatic rings. The Bertz CT molecular complexity index is 2660. The zero-order valence-corrected chi connectivity index (χ0v) is 41.6. The largest absolute Gasteiger partial charge is 0.481 e. The number of hydrogen-bond acceptors (Lipinski definition) is 14. The third kappa shape index (κ3) is 16.3. The number of unbranched alkanes of at least 4 members (excludes halogenated alkanes) is 2. The molecule has 0 aliphatic carbocycles. The topological polar surface area (TPSA) is 298 Å². The van der Waals surface area contributed by atoms with Gasteiger partial charge in [-0.25, -0.2) is 0 Å². The highest BCUT2D eigenvalue weighted by atomic mass is 32.2. The Morgan fingerprint density at radius 3 is 1.82 bits per heavy atom. The van der Waals surface area contributed by atoms with E-state index in [0.29, 0.717) is 86.9 Å². The molecule has 0 amide bonds. The first-order chi connectivity index (χ1) is 31.8. The molecule has 0 saturated carbocycles. The van der Waals surface area contributed by atoms with Crippen molar-refractivity contribution in [3.8, 4) is 0 Å². The lowest BCUT2D eigenvalue weighted by Crippen LogP contribution is -2.32.